The van der Waals surface area contributed by atoms with Crippen molar-refractivity contribution in [3.63, 3.8) is 0 Å². The zero-order chi connectivity index (χ0) is 14.0. The van der Waals surface area contributed by atoms with E-state index in [9.17, 15) is 19.6 Å². The maximum atomic E-state index is 13.5. The molecule has 0 spiro atoms. The molecule has 1 unspecified atom stereocenters. The molecule has 0 amide bonds. The number of halogens is 1. The Labute approximate surface area is 107 Å². The molecule has 2 rings (SSSR count). The molecule has 1 heterocycles. The van der Waals surface area contributed by atoms with Crippen LogP contribution in [0.15, 0.2) is 24.4 Å². The molecule has 0 aliphatic carbocycles. The van der Waals surface area contributed by atoms with Gasteiger partial charge in [0.05, 0.1) is 22.9 Å². The molecule has 0 saturated carbocycles. The van der Waals surface area contributed by atoms with Gasteiger partial charge < -0.3 is 5.11 Å². The Bertz CT molecular complexity index is 614. The number of benzene rings is 1. The molecule has 0 aliphatic heterocycles. The van der Waals surface area contributed by atoms with Crippen molar-refractivity contribution in [1.82, 2.24) is 15.0 Å². The fourth-order valence-corrected chi connectivity index (χ4v) is 1.55. The van der Waals surface area contributed by atoms with Crippen LogP contribution in [0.5, 0.6) is 0 Å². The van der Waals surface area contributed by atoms with Crippen LogP contribution in [0.1, 0.15) is 25.1 Å². The topological polar surface area (TPSA) is 94.1 Å². The van der Waals surface area contributed by atoms with E-state index in [1.54, 1.807) is 6.92 Å². The monoisotopic (exact) mass is 266 g/mol. The Hall–Kier alpha value is -2.35. The van der Waals surface area contributed by atoms with E-state index in [2.05, 4.69) is 10.3 Å². The van der Waals surface area contributed by atoms with Crippen LogP contribution in [0, 0.1) is 15.9 Å². The van der Waals surface area contributed by atoms with E-state index in [0.717, 1.165) is 12.1 Å². The lowest BCUT2D eigenvalue weighted by molar-refractivity contribution is -0.387. The number of rotatable bonds is 4. The molecule has 1 N–H and O–H groups in total. The van der Waals surface area contributed by atoms with E-state index in [0.29, 0.717) is 17.8 Å². The zero-order valence-electron chi connectivity index (χ0n) is 10.0. The highest BCUT2D eigenvalue weighted by Gasteiger charge is 2.16. The van der Waals surface area contributed by atoms with Crippen molar-refractivity contribution in [3.8, 4) is 5.69 Å². The van der Waals surface area contributed by atoms with Crippen molar-refractivity contribution in [1.29, 1.82) is 0 Å². The average Bonchev–Trinajstić information content (AvgIpc) is 2.86. The van der Waals surface area contributed by atoms with Gasteiger partial charge in [0, 0.05) is 12.1 Å². The molecule has 100 valence electrons. The second-order valence-corrected chi connectivity index (χ2v) is 3.90. The summed E-state index contributed by atoms with van der Waals surface area (Å²) in [4.78, 5) is 9.70. The highest BCUT2D eigenvalue weighted by Crippen LogP contribution is 2.21. The van der Waals surface area contributed by atoms with Crippen molar-refractivity contribution in [3.05, 3.63) is 46.0 Å². The van der Waals surface area contributed by atoms with E-state index in [1.165, 1.54) is 16.9 Å². The van der Waals surface area contributed by atoms with E-state index >= 15 is 0 Å². The number of nitro benzene ring substituents is 1. The average molecular weight is 266 g/mol. The van der Waals surface area contributed by atoms with Crippen LogP contribution < -0.4 is 0 Å². The van der Waals surface area contributed by atoms with Gasteiger partial charge in [-0.1, -0.05) is 12.1 Å². The second-order valence-electron chi connectivity index (χ2n) is 3.90. The third kappa shape index (κ3) is 2.58. The molecule has 0 aliphatic rings. The Kier molecular flexibility index (Phi) is 3.52. The highest BCUT2D eigenvalue weighted by atomic mass is 19.1. The first-order valence-corrected chi connectivity index (χ1v) is 5.57. The molecule has 1 aromatic heterocycles. The quantitative estimate of drug-likeness (QED) is 0.672. The lowest BCUT2D eigenvalue weighted by Gasteiger charge is -2.02. The lowest BCUT2D eigenvalue weighted by atomic mass is 10.2. The minimum atomic E-state index is -0.949. The van der Waals surface area contributed by atoms with Gasteiger partial charge >= 0.3 is 5.69 Å². The molecule has 0 radical (unpaired) electrons. The van der Waals surface area contributed by atoms with E-state index in [-0.39, 0.29) is 0 Å². The van der Waals surface area contributed by atoms with E-state index in [1.807, 2.05) is 0 Å². The molecule has 1 aromatic carbocycles. The van der Waals surface area contributed by atoms with Gasteiger partial charge in [-0.05, 0) is 12.5 Å². The van der Waals surface area contributed by atoms with Gasteiger partial charge in [0.25, 0.3) is 0 Å². The summed E-state index contributed by atoms with van der Waals surface area (Å²) >= 11 is 0. The summed E-state index contributed by atoms with van der Waals surface area (Å²) in [5, 5.41) is 27.6. The number of aliphatic hydroxyl groups excluding tert-OH is 1. The smallest absolute Gasteiger partial charge is 0.304 e. The molecule has 2 aromatic rings. The standard InChI is InChI=1S/C11H11FN4O3/c1-2-11(17)9-6-15(14-13-9)7-3-4-10(16(18)19)8(12)5-7/h3-6,11,17H,2H2,1H3. The predicted molar refractivity (Wildman–Crippen MR) is 63.2 cm³/mol. The molecule has 0 fully saturated rings. The molecular weight excluding hydrogens is 255 g/mol. The van der Waals surface area contributed by atoms with Gasteiger partial charge in [-0.15, -0.1) is 5.10 Å². The van der Waals surface area contributed by atoms with Crippen molar-refractivity contribution < 1.29 is 14.4 Å². The van der Waals surface area contributed by atoms with Crippen LogP contribution in [0.25, 0.3) is 5.69 Å². The summed E-state index contributed by atoms with van der Waals surface area (Å²) in [6, 6.07) is 3.41. The molecular formula is C11H11FN4O3. The maximum absolute atomic E-state index is 13.5. The minimum absolute atomic E-state index is 0.296. The Morgan fingerprint density at radius 3 is 2.89 bits per heavy atom. The molecule has 7 nitrogen and oxygen atoms in total. The van der Waals surface area contributed by atoms with Gasteiger partial charge in [0.15, 0.2) is 0 Å². The second kappa shape index (κ2) is 5.11. The van der Waals surface area contributed by atoms with Crippen LogP contribution in [0.4, 0.5) is 10.1 Å². The van der Waals surface area contributed by atoms with Gasteiger partial charge in [-0.3, -0.25) is 10.1 Å². The van der Waals surface area contributed by atoms with Crippen LogP contribution in [-0.4, -0.2) is 25.0 Å². The Morgan fingerprint density at radius 1 is 1.58 bits per heavy atom. The third-order valence-corrected chi connectivity index (χ3v) is 2.63. The van der Waals surface area contributed by atoms with Crippen LogP contribution >= 0.6 is 0 Å². The molecule has 0 bridgehead atoms. The molecule has 0 saturated heterocycles. The van der Waals surface area contributed by atoms with Crippen molar-refractivity contribution in [2.24, 2.45) is 0 Å². The van der Waals surface area contributed by atoms with E-state index < -0.39 is 22.5 Å². The summed E-state index contributed by atoms with van der Waals surface area (Å²) in [5.41, 5.74) is 0.0593. The van der Waals surface area contributed by atoms with Crippen LogP contribution in [0.2, 0.25) is 0 Å². The lowest BCUT2D eigenvalue weighted by Crippen LogP contribution is -1.98. The predicted octanol–water partition coefficient (Wildman–Crippen LogP) is 1.76. The van der Waals surface area contributed by atoms with Gasteiger partial charge in [-0.25, -0.2) is 4.68 Å². The Balaban J connectivity index is 2.35. The summed E-state index contributed by atoms with van der Waals surface area (Å²) in [7, 11) is 0. The van der Waals surface area contributed by atoms with Crippen LogP contribution in [-0.2, 0) is 0 Å². The van der Waals surface area contributed by atoms with Crippen molar-refractivity contribution in [2.45, 2.75) is 19.4 Å². The number of nitro groups is 1. The Morgan fingerprint density at radius 2 is 2.32 bits per heavy atom. The fraction of sp³-hybridized carbons (Fsp3) is 0.273. The van der Waals surface area contributed by atoms with Gasteiger partial charge in [0.1, 0.15) is 5.69 Å². The number of aliphatic hydroxyl groups is 1. The molecule has 8 heteroatoms. The first-order valence-electron chi connectivity index (χ1n) is 5.57. The van der Waals surface area contributed by atoms with Crippen molar-refractivity contribution in [2.75, 3.05) is 0 Å². The zero-order valence-corrected chi connectivity index (χ0v) is 10.0. The minimum Gasteiger partial charge on any atom is -0.387 e. The highest BCUT2D eigenvalue weighted by molar-refractivity contribution is 5.41. The summed E-state index contributed by atoms with van der Waals surface area (Å²) in [6.45, 7) is 1.79. The van der Waals surface area contributed by atoms with E-state index in [4.69, 9.17) is 0 Å². The largest absolute Gasteiger partial charge is 0.387 e. The maximum Gasteiger partial charge on any atom is 0.304 e. The number of nitrogens with zero attached hydrogens (tertiary/aromatic N) is 4. The first-order chi connectivity index (χ1) is 9.02. The summed E-state index contributed by atoms with van der Waals surface area (Å²) < 4.78 is 14.7. The summed E-state index contributed by atoms with van der Waals surface area (Å²) in [5.74, 6) is -0.949. The third-order valence-electron chi connectivity index (χ3n) is 2.63. The fourth-order valence-electron chi connectivity index (χ4n) is 1.55. The normalized spacial score (nSPS) is 12.4. The van der Waals surface area contributed by atoms with Crippen LogP contribution in [0.3, 0.4) is 0 Å². The molecule has 19 heavy (non-hydrogen) atoms. The first kappa shape index (κ1) is 13.1. The number of hydrogen-bond donors (Lipinski definition) is 1. The number of aromatic nitrogens is 3. The van der Waals surface area contributed by atoms with Gasteiger partial charge in [-0.2, -0.15) is 4.39 Å². The number of hydrogen-bond acceptors (Lipinski definition) is 5. The van der Waals surface area contributed by atoms with Gasteiger partial charge in [0.2, 0.25) is 5.82 Å². The SMILES string of the molecule is CCC(O)c1cn(-c2ccc([N+](=O)[O-])c(F)c2)nn1. The van der Waals surface area contributed by atoms with Crippen molar-refractivity contribution >= 4 is 5.69 Å². The molecule has 1 atom stereocenters. The summed E-state index contributed by atoms with van der Waals surface area (Å²) in [6.07, 6.45) is 1.19.